The van der Waals surface area contributed by atoms with E-state index in [1.54, 1.807) is 23.9 Å². The van der Waals surface area contributed by atoms with Crippen LogP contribution in [0.2, 0.25) is 0 Å². The van der Waals surface area contributed by atoms with Crippen molar-refractivity contribution in [1.29, 1.82) is 0 Å². The molecule has 1 rings (SSSR count). The third kappa shape index (κ3) is 7.27. The van der Waals surface area contributed by atoms with E-state index in [1.165, 1.54) is 0 Å². The zero-order valence-corrected chi connectivity index (χ0v) is 11.5. The van der Waals surface area contributed by atoms with Gasteiger partial charge < -0.3 is 15.8 Å². The number of nitrogens with one attached hydrogen (secondary N) is 1. The molecule has 0 bridgehead atoms. The lowest BCUT2D eigenvalue weighted by atomic mass is 10.3. The molecule has 1 aromatic rings. The quantitative estimate of drug-likeness (QED) is 0.430. The highest BCUT2D eigenvalue weighted by molar-refractivity contribution is 7.99. The van der Waals surface area contributed by atoms with Gasteiger partial charge in [-0.25, -0.2) is 0 Å². The Morgan fingerprint density at radius 1 is 1.53 bits per heavy atom. The lowest BCUT2D eigenvalue weighted by molar-refractivity contribution is -0.121. The molecule has 5 heteroatoms. The van der Waals surface area contributed by atoms with Crippen LogP contribution in [0.3, 0.4) is 0 Å². The zero-order valence-electron chi connectivity index (χ0n) is 10.7. The van der Waals surface area contributed by atoms with Crippen LogP contribution in [-0.2, 0) is 4.79 Å². The number of ether oxygens (including phenoxy) is 1. The molecule has 0 radical (unpaired) electrons. The number of benzene rings is 1. The van der Waals surface area contributed by atoms with Crippen molar-refractivity contribution in [2.75, 3.05) is 30.4 Å². The minimum atomic E-state index is -0.0230. The summed E-state index contributed by atoms with van der Waals surface area (Å²) in [7, 11) is 0. The van der Waals surface area contributed by atoms with Gasteiger partial charge in [0, 0.05) is 24.1 Å². The van der Waals surface area contributed by atoms with Crippen LogP contribution in [0.25, 0.3) is 0 Å². The van der Waals surface area contributed by atoms with Crippen LogP contribution in [0.4, 0.5) is 5.69 Å². The lowest BCUT2D eigenvalue weighted by Crippen LogP contribution is -2.27. The Balaban J connectivity index is 2.09. The van der Waals surface area contributed by atoms with Crippen molar-refractivity contribution in [3.05, 3.63) is 24.3 Å². The summed E-state index contributed by atoms with van der Waals surface area (Å²) in [6, 6.07) is 7.14. The Hall–Kier alpha value is -1.80. The maximum Gasteiger partial charge on any atom is 0.223 e. The number of hydrogen-bond acceptors (Lipinski definition) is 4. The number of hydrogen-bond donors (Lipinski definition) is 2. The number of terminal acetylenes is 1. The van der Waals surface area contributed by atoms with Gasteiger partial charge >= 0.3 is 0 Å². The fourth-order valence-corrected chi connectivity index (χ4v) is 1.86. The third-order valence-electron chi connectivity index (χ3n) is 2.21. The minimum Gasteiger partial charge on any atom is -0.493 e. The average Bonchev–Trinajstić information content (AvgIpc) is 2.38. The highest BCUT2D eigenvalue weighted by atomic mass is 32.2. The second-order valence-electron chi connectivity index (χ2n) is 3.78. The van der Waals surface area contributed by atoms with Crippen LogP contribution in [0.5, 0.6) is 5.75 Å². The van der Waals surface area contributed by atoms with Crippen molar-refractivity contribution in [3.8, 4) is 18.1 Å². The van der Waals surface area contributed by atoms with Gasteiger partial charge in [-0.1, -0.05) is 12.0 Å². The second kappa shape index (κ2) is 9.17. The number of nitrogens with two attached hydrogens (primary N) is 1. The van der Waals surface area contributed by atoms with Gasteiger partial charge in [-0.05, 0) is 12.1 Å². The molecule has 1 aromatic carbocycles. The van der Waals surface area contributed by atoms with Crippen LogP contribution < -0.4 is 15.8 Å². The number of rotatable bonds is 8. The minimum absolute atomic E-state index is 0.0230. The normalized spacial score (nSPS) is 9.63. The van der Waals surface area contributed by atoms with E-state index < -0.39 is 0 Å². The number of carbonyl (C=O) groups is 1. The number of thioether (sulfide) groups is 1. The largest absolute Gasteiger partial charge is 0.493 e. The molecule has 1 amide bonds. The van der Waals surface area contributed by atoms with E-state index in [0.717, 1.165) is 5.75 Å². The molecule has 102 valence electrons. The molecule has 0 saturated carbocycles. The summed E-state index contributed by atoms with van der Waals surface area (Å²) in [4.78, 5) is 11.5. The Labute approximate surface area is 118 Å². The second-order valence-corrected chi connectivity index (χ2v) is 4.88. The van der Waals surface area contributed by atoms with Gasteiger partial charge in [-0.2, -0.15) is 0 Å². The molecule has 19 heavy (non-hydrogen) atoms. The van der Waals surface area contributed by atoms with Crippen LogP contribution in [0.1, 0.15) is 6.42 Å². The first-order valence-corrected chi connectivity index (χ1v) is 7.14. The molecular formula is C14H18N2O2S. The molecule has 0 unspecified atom stereocenters. The maximum absolute atomic E-state index is 11.5. The topological polar surface area (TPSA) is 64.3 Å². The summed E-state index contributed by atoms with van der Waals surface area (Å²) >= 11 is 1.62. The number of nitrogen functional groups attached to an aromatic ring is 1. The molecule has 0 heterocycles. The fraction of sp³-hybridized carbons (Fsp3) is 0.357. The molecule has 3 N–H and O–H groups in total. The van der Waals surface area contributed by atoms with Crippen molar-refractivity contribution in [2.45, 2.75) is 6.42 Å². The van der Waals surface area contributed by atoms with E-state index in [1.807, 2.05) is 12.1 Å². The number of carbonyl (C=O) groups excluding carboxylic acids is 1. The number of anilines is 1. The van der Waals surface area contributed by atoms with E-state index in [-0.39, 0.29) is 5.91 Å². The summed E-state index contributed by atoms with van der Waals surface area (Å²) < 4.78 is 5.43. The Morgan fingerprint density at radius 3 is 3.11 bits per heavy atom. The van der Waals surface area contributed by atoms with Crippen molar-refractivity contribution < 1.29 is 9.53 Å². The van der Waals surface area contributed by atoms with Crippen LogP contribution in [0, 0.1) is 12.3 Å². The van der Waals surface area contributed by atoms with Crippen LogP contribution >= 0.6 is 11.8 Å². The van der Waals surface area contributed by atoms with Crippen molar-refractivity contribution in [3.63, 3.8) is 0 Å². The van der Waals surface area contributed by atoms with E-state index in [2.05, 4.69) is 11.2 Å². The predicted molar refractivity (Wildman–Crippen MR) is 80.1 cm³/mol. The molecule has 0 aliphatic rings. The molecule has 4 nitrogen and oxygen atoms in total. The molecule has 0 aliphatic carbocycles. The van der Waals surface area contributed by atoms with E-state index in [0.29, 0.717) is 36.8 Å². The highest BCUT2D eigenvalue weighted by Gasteiger charge is 2.01. The molecular weight excluding hydrogens is 260 g/mol. The summed E-state index contributed by atoms with van der Waals surface area (Å²) in [5.41, 5.74) is 6.27. The Bertz CT molecular complexity index is 443. The molecule has 0 spiro atoms. The molecule has 0 saturated heterocycles. The Kier molecular flexibility index (Phi) is 7.37. The number of amides is 1. The van der Waals surface area contributed by atoms with Crippen LogP contribution in [0.15, 0.2) is 24.3 Å². The first-order chi connectivity index (χ1) is 9.22. The van der Waals surface area contributed by atoms with Gasteiger partial charge in [0.15, 0.2) is 0 Å². The maximum atomic E-state index is 11.5. The van der Waals surface area contributed by atoms with Crippen molar-refractivity contribution >= 4 is 23.4 Å². The fourth-order valence-electron chi connectivity index (χ4n) is 1.35. The SMILES string of the molecule is C#CCSCCNC(=O)CCOc1cccc(N)c1. The standard InChI is InChI=1S/C14H18N2O2S/c1-2-9-19-10-7-16-14(17)6-8-18-13-5-3-4-12(15)11-13/h1,3-5,11H,6-10,15H2,(H,16,17). The van der Waals surface area contributed by atoms with Gasteiger partial charge in [-0.3, -0.25) is 4.79 Å². The monoisotopic (exact) mass is 278 g/mol. The summed E-state index contributed by atoms with van der Waals surface area (Å²) in [6.45, 7) is 0.969. The molecule has 0 atom stereocenters. The van der Waals surface area contributed by atoms with E-state index in [9.17, 15) is 4.79 Å². The summed E-state index contributed by atoms with van der Waals surface area (Å²) in [5.74, 6) is 4.69. The summed E-state index contributed by atoms with van der Waals surface area (Å²) in [6.07, 6.45) is 5.45. The third-order valence-corrected chi connectivity index (χ3v) is 3.07. The summed E-state index contributed by atoms with van der Waals surface area (Å²) in [5, 5.41) is 2.81. The average molecular weight is 278 g/mol. The van der Waals surface area contributed by atoms with Crippen molar-refractivity contribution in [1.82, 2.24) is 5.32 Å². The van der Waals surface area contributed by atoms with Gasteiger partial charge in [0.2, 0.25) is 5.91 Å². The predicted octanol–water partition coefficient (Wildman–Crippen LogP) is 1.52. The first kappa shape index (κ1) is 15.3. The molecule has 0 aliphatic heterocycles. The van der Waals surface area contributed by atoms with Gasteiger partial charge in [0.1, 0.15) is 5.75 Å². The van der Waals surface area contributed by atoms with Gasteiger partial charge in [0.05, 0.1) is 18.8 Å². The lowest BCUT2D eigenvalue weighted by Gasteiger charge is -2.07. The molecule has 0 aromatic heterocycles. The van der Waals surface area contributed by atoms with Gasteiger partial charge in [0.25, 0.3) is 0 Å². The van der Waals surface area contributed by atoms with Crippen molar-refractivity contribution in [2.24, 2.45) is 0 Å². The van der Waals surface area contributed by atoms with Gasteiger partial charge in [-0.15, -0.1) is 18.2 Å². The highest BCUT2D eigenvalue weighted by Crippen LogP contribution is 2.14. The van der Waals surface area contributed by atoms with E-state index in [4.69, 9.17) is 16.9 Å². The smallest absolute Gasteiger partial charge is 0.223 e. The van der Waals surface area contributed by atoms with Crippen LogP contribution in [-0.4, -0.2) is 30.6 Å². The first-order valence-electron chi connectivity index (χ1n) is 5.98. The van der Waals surface area contributed by atoms with E-state index >= 15 is 0 Å². The zero-order chi connectivity index (χ0) is 13.9. The molecule has 0 fully saturated rings. The Morgan fingerprint density at radius 2 is 2.37 bits per heavy atom.